The van der Waals surface area contributed by atoms with Crippen LogP contribution in [0.4, 0.5) is 0 Å². The van der Waals surface area contributed by atoms with Gasteiger partial charge in [0.1, 0.15) is 5.82 Å². The van der Waals surface area contributed by atoms with E-state index in [1.807, 2.05) is 6.07 Å². The number of nitrogens with one attached hydrogen (secondary N) is 1. The number of hydrogen-bond donors (Lipinski definition) is 1. The van der Waals surface area contributed by atoms with Crippen LogP contribution < -0.4 is 0 Å². The van der Waals surface area contributed by atoms with E-state index in [1.165, 1.54) is 0 Å². The maximum Gasteiger partial charge on any atom is 0.148 e. The zero-order valence-electron chi connectivity index (χ0n) is 8.60. The summed E-state index contributed by atoms with van der Waals surface area (Å²) in [6.07, 6.45) is 0. The van der Waals surface area contributed by atoms with Gasteiger partial charge in [0, 0.05) is 4.47 Å². The van der Waals surface area contributed by atoms with Crippen LogP contribution in [0.3, 0.4) is 0 Å². The zero-order chi connectivity index (χ0) is 12.9. The van der Waals surface area contributed by atoms with Gasteiger partial charge in [0.05, 0.1) is 29.7 Å². The molecule has 2 nitrogen and oxygen atoms in total. The van der Waals surface area contributed by atoms with Gasteiger partial charge in [-0.1, -0.05) is 23.2 Å². The van der Waals surface area contributed by atoms with Gasteiger partial charge in [-0.2, -0.15) is 0 Å². The molecular weight excluding hydrogens is 423 g/mol. The lowest BCUT2D eigenvalue weighted by Crippen LogP contribution is -1.72. The van der Waals surface area contributed by atoms with Crippen LogP contribution in [0.25, 0.3) is 21.7 Å². The molecule has 3 rings (SSSR count). The number of thiophene rings is 1. The number of halogens is 4. The molecule has 0 spiro atoms. The van der Waals surface area contributed by atoms with Crippen molar-refractivity contribution < 1.29 is 0 Å². The van der Waals surface area contributed by atoms with Crippen molar-refractivity contribution in [3.05, 3.63) is 36.5 Å². The molecule has 18 heavy (non-hydrogen) atoms. The summed E-state index contributed by atoms with van der Waals surface area (Å²) in [6, 6.07) is 5.56. The highest BCUT2D eigenvalue weighted by Crippen LogP contribution is 2.38. The van der Waals surface area contributed by atoms with Gasteiger partial charge in [-0.15, -0.1) is 11.3 Å². The average molecular weight is 427 g/mol. The third-order valence-electron chi connectivity index (χ3n) is 2.40. The Morgan fingerprint density at radius 3 is 2.50 bits per heavy atom. The number of benzene rings is 1. The maximum absolute atomic E-state index is 5.98. The Morgan fingerprint density at radius 1 is 1.11 bits per heavy atom. The normalized spacial score (nSPS) is 11.3. The molecule has 1 N–H and O–H groups in total. The van der Waals surface area contributed by atoms with Gasteiger partial charge >= 0.3 is 0 Å². The Labute approximate surface area is 134 Å². The lowest BCUT2D eigenvalue weighted by molar-refractivity contribution is 1.36. The minimum absolute atomic E-state index is 0.510. The summed E-state index contributed by atoms with van der Waals surface area (Å²) in [7, 11) is 0. The van der Waals surface area contributed by atoms with E-state index < -0.39 is 0 Å². The summed E-state index contributed by atoms with van der Waals surface area (Å²) in [4.78, 5) is 8.78. The van der Waals surface area contributed by atoms with Gasteiger partial charge in [-0.05, 0) is 50.1 Å². The minimum atomic E-state index is 0.510. The second-order valence-electron chi connectivity index (χ2n) is 3.60. The number of aromatic nitrogens is 2. The van der Waals surface area contributed by atoms with E-state index in [4.69, 9.17) is 23.2 Å². The molecule has 7 heteroatoms. The van der Waals surface area contributed by atoms with E-state index in [2.05, 4.69) is 41.8 Å². The van der Waals surface area contributed by atoms with Crippen molar-refractivity contribution >= 4 is 77.4 Å². The predicted octanol–water partition coefficient (Wildman–Crippen LogP) is 6.12. The van der Waals surface area contributed by atoms with Crippen LogP contribution in [0.2, 0.25) is 10.0 Å². The lowest BCUT2D eigenvalue weighted by Gasteiger charge is -1.93. The van der Waals surface area contributed by atoms with Crippen molar-refractivity contribution in [1.29, 1.82) is 0 Å². The Morgan fingerprint density at radius 2 is 1.83 bits per heavy atom. The molecule has 92 valence electrons. The maximum atomic E-state index is 5.98. The fraction of sp³-hybridized carbons (Fsp3) is 0. The van der Waals surface area contributed by atoms with Crippen molar-refractivity contribution in [2.45, 2.75) is 0 Å². The summed E-state index contributed by atoms with van der Waals surface area (Å²) in [6.45, 7) is 0. The first kappa shape index (κ1) is 12.9. The lowest BCUT2D eigenvalue weighted by atomic mass is 10.3. The molecule has 0 bridgehead atoms. The number of imidazole rings is 1. The first-order valence-electron chi connectivity index (χ1n) is 4.84. The van der Waals surface area contributed by atoms with Crippen LogP contribution in [-0.2, 0) is 0 Å². The van der Waals surface area contributed by atoms with Crippen molar-refractivity contribution in [3.8, 4) is 10.7 Å². The number of rotatable bonds is 1. The Bertz CT molecular complexity index is 692. The molecule has 0 aliphatic rings. The molecule has 0 aliphatic carbocycles. The molecule has 0 saturated heterocycles. The van der Waals surface area contributed by atoms with E-state index >= 15 is 0 Å². The summed E-state index contributed by atoms with van der Waals surface area (Å²) >= 11 is 20.5. The Kier molecular flexibility index (Phi) is 3.45. The highest BCUT2D eigenvalue weighted by molar-refractivity contribution is 9.13. The number of hydrogen-bond acceptors (Lipinski definition) is 2. The highest BCUT2D eigenvalue weighted by Gasteiger charge is 2.12. The Hall–Kier alpha value is -0.0700. The molecule has 3 aromatic rings. The van der Waals surface area contributed by atoms with E-state index in [-0.39, 0.29) is 0 Å². The standard InChI is InChI=1S/C11H4Br2Cl2N2S/c12-4-1-9(18-10(4)13)11-16-7-2-5(14)6(15)3-8(7)17-11/h1-3H,(H,16,17). The van der Waals surface area contributed by atoms with Gasteiger partial charge in [0.25, 0.3) is 0 Å². The van der Waals surface area contributed by atoms with E-state index in [9.17, 15) is 0 Å². The van der Waals surface area contributed by atoms with E-state index in [1.54, 1.807) is 23.5 Å². The molecule has 2 aromatic heterocycles. The summed E-state index contributed by atoms with van der Waals surface area (Å²) in [5.74, 6) is 0.805. The smallest absolute Gasteiger partial charge is 0.148 e. The third kappa shape index (κ3) is 2.23. The van der Waals surface area contributed by atoms with Crippen molar-refractivity contribution in [1.82, 2.24) is 9.97 Å². The van der Waals surface area contributed by atoms with Crippen molar-refractivity contribution in [2.75, 3.05) is 0 Å². The molecule has 0 aliphatic heterocycles. The van der Waals surface area contributed by atoms with Crippen LogP contribution in [0, 0.1) is 0 Å². The van der Waals surface area contributed by atoms with Crippen LogP contribution in [0.5, 0.6) is 0 Å². The fourth-order valence-corrected chi connectivity index (χ4v) is 3.89. The van der Waals surface area contributed by atoms with E-state index in [0.29, 0.717) is 10.0 Å². The fourth-order valence-electron chi connectivity index (χ4n) is 1.58. The Balaban J connectivity index is 2.19. The summed E-state index contributed by atoms with van der Waals surface area (Å²) in [5.41, 5.74) is 1.68. The largest absolute Gasteiger partial charge is 0.337 e. The third-order valence-corrected chi connectivity index (χ3v) is 6.39. The minimum Gasteiger partial charge on any atom is -0.337 e. The molecule has 0 saturated carbocycles. The van der Waals surface area contributed by atoms with Gasteiger partial charge in [0.15, 0.2) is 0 Å². The quantitative estimate of drug-likeness (QED) is 0.498. The van der Waals surface area contributed by atoms with Gasteiger partial charge < -0.3 is 4.98 Å². The first-order chi connectivity index (χ1) is 8.54. The molecule has 0 fully saturated rings. The molecule has 2 heterocycles. The zero-order valence-corrected chi connectivity index (χ0v) is 14.1. The monoisotopic (exact) mass is 424 g/mol. The van der Waals surface area contributed by atoms with Crippen molar-refractivity contribution in [3.63, 3.8) is 0 Å². The van der Waals surface area contributed by atoms with E-state index in [0.717, 1.165) is 30.0 Å². The molecule has 1 aromatic carbocycles. The van der Waals surface area contributed by atoms with Crippen LogP contribution in [-0.4, -0.2) is 9.97 Å². The predicted molar refractivity (Wildman–Crippen MR) is 84.8 cm³/mol. The topological polar surface area (TPSA) is 28.7 Å². The summed E-state index contributed by atoms with van der Waals surface area (Å²) in [5, 5.41) is 1.03. The van der Waals surface area contributed by atoms with Gasteiger partial charge in [-0.25, -0.2) is 4.98 Å². The molecular formula is C11H4Br2Cl2N2S. The molecule has 0 radical (unpaired) electrons. The number of aromatic amines is 1. The number of H-pyrrole nitrogens is 1. The average Bonchev–Trinajstić information content (AvgIpc) is 2.84. The second-order valence-corrected chi connectivity index (χ2v) is 7.64. The summed E-state index contributed by atoms with van der Waals surface area (Å²) < 4.78 is 2.05. The number of fused-ring (bicyclic) bond motifs is 1. The van der Waals surface area contributed by atoms with Gasteiger partial charge in [-0.3, -0.25) is 0 Å². The van der Waals surface area contributed by atoms with Crippen molar-refractivity contribution in [2.24, 2.45) is 0 Å². The highest BCUT2D eigenvalue weighted by atomic mass is 79.9. The number of nitrogens with zero attached hydrogens (tertiary/aromatic N) is 1. The molecule has 0 amide bonds. The molecule has 0 unspecified atom stereocenters. The first-order valence-corrected chi connectivity index (χ1v) is 8.00. The second kappa shape index (κ2) is 4.80. The van der Waals surface area contributed by atoms with Crippen LogP contribution in [0.15, 0.2) is 26.5 Å². The SMILES string of the molecule is Clc1cc2nc(-c3cc(Br)c(Br)s3)[nH]c2cc1Cl. The molecule has 0 atom stereocenters. The van der Waals surface area contributed by atoms with Crippen LogP contribution >= 0.6 is 66.4 Å². The van der Waals surface area contributed by atoms with Crippen LogP contribution in [0.1, 0.15) is 0 Å². The van der Waals surface area contributed by atoms with Gasteiger partial charge in [0.2, 0.25) is 0 Å².